The van der Waals surface area contributed by atoms with Crippen molar-refractivity contribution in [2.75, 3.05) is 45.8 Å². The van der Waals surface area contributed by atoms with Crippen LogP contribution in [0.4, 0.5) is 0 Å². The highest BCUT2D eigenvalue weighted by atomic mass is 35.5. The van der Waals surface area contributed by atoms with Crippen LogP contribution in [-0.4, -0.2) is 71.5 Å². The van der Waals surface area contributed by atoms with E-state index in [1.165, 1.54) is 5.56 Å². The SMILES string of the molecule is O=C1c2cccc3cccc(c23)C(O)N1CCN1CCN(CCc2ccc(Cl)cc2)CC1. The highest BCUT2D eigenvalue weighted by Gasteiger charge is 2.32. The van der Waals surface area contributed by atoms with Crippen molar-refractivity contribution in [2.24, 2.45) is 0 Å². The Kier molecular flexibility index (Phi) is 6.15. The van der Waals surface area contributed by atoms with Crippen LogP contribution in [0.25, 0.3) is 10.8 Å². The molecule has 2 heterocycles. The van der Waals surface area contributed by atoms with Crippen molar-refractivity contribution in [1.82, 2.24) is 14.7 Å². The molecule has 0 aromatic heterocycles. The van der Waals surface area contributed by atoms with E-state index < -0.39 is 6.23 Å². The van der Waals surface area contributed by atoms with Crippen LogP contribution in [0.15, 0.2) is 60.7 Å². The Bertz CT molecular complexity index is 1100. The Labute approximate surface area is 193 Å². The Balaban J connectivity index is 1.15. The predicted octanol–water partition coefficient (Wildman–Crippen LogP) is 3.80. The van der Waals surface area contributed by atoms with Crippen molar-refractivity contribution in [2.45, 2.75) is 12.6 Å². The van der Waals surface area contributed by atoms with Gasteiger partial charge in [0.05, 0.1) is 0 Å². The Morgan fingerprint density at radius 2 is 1.50 bits per heavy atom. The molecule has 0 radical (unpaired) electrons. The van der Waals surface area contributed by atoms with E-state index >= 15 is 0 Å². The van der Waals surface area contributed by atoms with E-state index in [0.717, 1.165) is 67.0 Å². The van der Waals surface area contributed by atoms with E-state index in [0.29, 0.717) is 12.1 Å². The summed E-state index contributed by atoms with van der Waals surface area (Å²) in [5, 5.41) is 13.6. The van der Waals surface area contributed by atoms with Gasteiger partial charge in [0.25, 0.3) is 5.91 Å². The molecule has 5 rings (SSSR count). The fourth-order valence-corrected chi connectivity index (χ4v) is 4.97. The third kappa shape index (κ3) is 4.26. The summed E-state index contributed by atoms with van der Waals surface area (Å²) in [6, 6.07) is 19.7. The number of hydrogen-bond donors (Lipinski definition) is 1. The van der Waals surface area contributed by atoms with Gasteiger partial charge in [0.1, 0.15) is 0 Å². The van der Waals surface area contributed by atoms with Gasteiger partial charge in [-0.2, -0.15) is 0 Å². The molecule has 1 unspecified atom stereocenters. The first-order chi connectivity index (χ1) is 15.6. The minimum absolute atomic E-state index is 0.0802. The second kappa shape index (κ2) is 9.20. The van der Waals surface area contributed by atoms with Crippen molar-refractivity contribution in [3.8, 4) is 0 Å². The summed E-state index contributed by atoms with van der Waals surface area (Å²) in [7, 11) is 0. The zero-order valence-corrected chi connectivity index (χ0v) is 18.8. The summed E-state index contributed by atoms with van der Waals surface area (Å²) in [6.45, 7) is 6.33. The van der Waals surface area contributed by atoms with Gasteiger partial charge in [0.2, 0.25) is 0 Å². The monoisotopic (exact) mass is 449 g/mol. The number of halogens is 1. The number of amides is 1. The number of hydrogen-bond acceptors (Lipinski definition) is 4. The molecule has 0 saturated carbocycles. The molecule has 0 bridgehead atoms. The third-order valence-electron chi connectivity index (χ3n) is 6.75. The van der Waals surface area contributed by atoms with Gasteiger partial charge < -0.3 is 14.9 Å². The number of piperazine rings is 1. The fraction of sp³-hybridized carbons (Fsp3) is 0.346. The fourth-order valence-electron chi connectivity index (χ4n) is 4.84. The molecular weight excluding hydrogens is 422 g/mol. The lowest BCUT2D eigenvalue weighted by molar-refractivity contribution is -0.000927. The molecule has 1 amide bonds. The van der Waals surface area contributed by atoms with Gasteiger partial charge >= 0.3 is 0 Å². The van der Waals surface area contributed by atoms with Gasteiger partial charge in [-0.3, -0.25) is 9.69 Å². The van der Waals surface area contributed by atoms with Crippen LogP contribution in [0, 0.1) is 0 Å². The number of benzene rings is 3. The molecule has 32 heavy (non-hydrogen) atoms. The number of carbonyl (C=O) groups is 1. The predicted molar refractivity (Wildman–Crippen MR) is 128 cm³/mol. The first-order valence-corrected chi connectivity index (χ1v) is 11.7. The van der Waals surface area contributed by atoms with Crippen LogP contribution >= 0.6 is 11.6 Å². The molecule has 3 aromatic rings. The minimum Gasteiger partial charge on any atom is -0.369 e. The van der Waals surface area contributed by atoms with Gasteiger partial charge in [-0.25, -0.2) is 0 Å². The molecule has 5 nitrogen and oxygen atoms in total. The van der Waals surface area contributed by atoms with Crippen molar-refractivity contribution < 1.29 is 9.90 Å². The summed E-state index contributed by atoms with van der Waals surface area (Å²) in [5.74, 6) is -0.0802. The summed E-state index contributed by atoms with van der Waals surface area (Å²) >= 11 is 5.97. The molecule has 1 N–H and O–H groups in total. The molecule has 2 aliphatic heterocycles. The number of aliphatic hydroxyl groups excluding tert-OH is 1. The normalized spacial score (nSPS) is 19.6. The summed E-state index contributed by atoms with van der Waals surface area (Å²) < 4.78 is 0. The Morgan fingerprint density at radius 3 is 2.22 bits per heavy atom. The molecule has 1 atom stereocenters. The minimum atomic E-state index is -0.887. The number of aliphatic hydroxyl groups is 1. The lowest BCUT2D eigenvalue weighted by Gasteiger charge is -2.38. The molecule has 2 aliphatic rings. The van der Waals surface area contributed by atoms with Crippen LogP contribution in [0.1, 0.15) is 27.7 Å². The molecule has 0 aliphatic carbocycles. The largest absolute Gasteiger partial charge is 0.369 e. The smallest absolute Gasteiger partial charge is 0.256 e. The van der Waals surface area contributed by atoms with Gasteiger partial charge in [-0.15, -0.1) is 0 Å². The van der Waals surface area contributed by atoms with Crippen molar-refractivity contribution in [3.63, 3.8) is 0 Å². The highest BCUT2D eigenvalue weighted by molar-refractivity contribution is 6.30. The maximum atomic E-state index is 13.1. The van der Waals surface area contributed by atoms with E-state index in [9.17, 15) is 9.90 Å². The van der Waals surface area contributed by atoms with Crippen LogP contribution < -0.4 is 0 Å². The van der Waals surface area contributed by atoms with Crippen molar-refractivity contribution in [1.29, 1.82) is 0 Å². The van der Waals surface area contributed by atoms with Gasteiger partial charge in [0.15, 0.2) is 6.23 Å². The first-order valence-electron chi connectivity index (χ1n) is 11.3. The van der Waals surface area contributed by atoms with Gasteiger partial charge in [-0.1, -0.05) is 54.1 Å². The number of nitrogens with zero attached hydrogens (tertiary/aromatic N) is 3. The Morgan fingerprint density at radius 1 is 0.844 bits per heavy atom. The number of rotatable bonds is 6. The lowest BCUT2D eigenvalue weighted by atomic mass is 9.93. The topological polar surface area (TPSA) is 47.0 Å². The zero-order valence-electron chi connectivity index (χ0n) is 18.1. The maximum absolute atomic E-state index is 13.1. The molecule has 6 heteroatoms. The zero-order chi connectivity index (χ0) is 22.1. The highest BCUT2D eigenvalue weighted by Crippen LogP contribution is 2.35. The van der Waals surface area contributed by atoms with Crippen LogP contribution in [-0.2, 0) is 6.42 Å². The third-order valence-corrected chi connectivity index (χ3v) is 7.01. The second-order valence-corrected chi connectivity index (χ2v) is 9.12. The van der Waals surface area contributed by atoms with Crippen LogP contribution in [0.5, 0.6) is 0 Å². The van der Waals surface area contributed by atoms with E-state index in [4.69, 9.17) is 11.6 Å². The molecule has 1 fully saturated rings. The van der Waals surface area contributed by atoms with Crippen LogP contribution in [0.2, 0.25) is 5.02 Å². The summed E-state index contributed by atoms with van der Waals surface area (Å²) in [6.07, 6.45) is 0.137. The van der Waals surface area contributed by atoms with E-state index in [1.54, 1.807) is 4.90 Å². The summed E-state index contributed by atoms with van der Waals surface area (Å²) in [4.78, 5) is 19.6. The first kappa shape index (κ1) is 21.4. The standard InChI is InChI=1S/C26H28ClN3O2/c27-21-9-7-19(8-10-21)11-12-28-13-15-29(16-14-28)17-18-30-25(31)22-5-1-3-20-4-2-6-23(24(20)22)26(30)32/h1-10,25,31H,11-18H2. The van der Waals surface area contributed by atoms with E-state index in [-0.39, 0.29) is 5.91 Å². The molecule has 3 aromatic carbocycles. The lowest BCUT2D eigenvalue weighted by Crippen LogP contribution is -2.50. The molecule has 166 valence electrons. The average Bonchev–Trinajstić information content (AvgIpc) is 2.83. The van der Waals surface area contributed by atoms with Crippen molar-refractivity contribution in [3.05, 3.63) is 82.4 Å². The van der Waals surface area contributed by atoms with E-state index in [1.807, 2.05) is 48.5 Å². The van der Waals surface area contributed by atoms with Crippen molar-refractivity contribution >= 4 is 28.3 Å². The van der Waals surface area contributed by atoms with Crippen LogP contribution in [0.3, 0.4) is 0 Å². The molecular formula is C26H28ClN3O2. The van der Waals surface area contributed by atoms with Gasteiger partial charge in [0, 0.05) is 67.3 Å². The molecule has 0 spiro atoms. The Hall–Kier alpha value is -2.44. The number of carbonyl (C=O) groups excluding carboxylic acids is 1. The van der Waals surface area contributed by atoms with E-state index in [2.05, 4.69) is 21.9 Å². The second-order valence-electron chi connectivity index (χ2n) is 8.68. The maximum Gasteiger partial charge on any atom is 0.256 e. The summed E-state index contributed by atoms with van der Waals surface area (Å²) in [5.41, 5.74) is 2.82. The molecule has 1 saturated heterocycles. The van der Waals surface area contributed by atoms with Gasteiger partial charge in [-0.05, 0) is 35.6 Å². The quantitative estimate of drug-likeness (QED) is 0.621. The average molecular weight is 450 g/mol.